The molecule has 0 saturated carbocycles. The summed E-state index contributed by atoms with van der Waals surface area (Å²) in [5.74, 6) is 2.06. The van der Waals surface area contributed by atoms with Crippen LogP contribution in [0.2, 0.25) is 0 Å². The summed E-state index contributed by atoms with van der Waals surface area (Å²) in [6, 6.07) is 26.0. The second-order valence-corrected chi connectivity index (χ2v) is 8.80. The number of nitrogens with zero attached hydrogens (tertiary/aromatic N) is 2. The lowest BCUT2D eigenvalue weighted by atomic mass is 9.90. The SMILES string of the molecule is COc1ccc(/C=C2\COCc3c2nc(Nc2ccc(C)cc2)c(C#N)c3-c2ccc(OC)cc2)cc1. The lowest BCUT2D eigenvalue weighted by molar-refractivity contribution is 0.146. The number of nitrogens with one attached hydrogen (secondary N) is 1. The maximum absolute atomic E-state index is 10.3. The van der Waals surface area contributed by atoms with E-state index >= 15 is 0 Å². The number of rotatable bonds is 6. The zero-order valence-electron chi connectivity index (χ0n) is 21.0. The van der Waals surface area contributed by atoms with Crippen molar-refractivity contribution in [2.24, 2.45) is 0 Å². The molecule has 3 aromatic carbocycles. The van der Waals surface area contributed by atoms with Gasteiger partial charge in [-0.15, -0.1) is 0 Å². The van der Waals surface area contributed by atoms with Crippen molar-refractivity contribution in [1.29, 1.82) is 5.26 Å². The predicted octanol–water partition coefficient (Wildman–Crippen LogP) is 6.76. The van der Waals surface area contributed by atoms with Crippen LogP contribution in [-0.4, -0.2) is 25.8 Å². The van der Waals surface area contributed by atoms with Crippen molar-refractivity contribution in [3.05, 3.63) is 101 Å². The summed E-state index contributed by atoms with van der Waals surface area (Å²) in [4.78, 5) is 5.00. The number of hydrogen-bond donors (Lipinski definition) is 1. The van der Waals surface area contributed by atoms with Gasteiger partial charge >= 0.3 is 0 Å². The molecule has 0 unspecified atom stereocenters. The predicted molar refractivity (Wildman–Crippen MR) is 146 cm³/mol. The average Bonchev–Trinajstić information content (AvgIpc) is 2.94. The topological polar surface area (TPSA) is 76.4 Å². The number of hydrogen-bond acceptors (Lipinski definition) is 6. The van der Waals surface area contributed by atoms with Gasteiger partial charge in [-0.2, -0.15) is 5.26 Å². The fourth-order valence-corrected chi connectivity index (χ4v) is 4.42. The van der Waals surface area contributed by atoms with Gasteiger partial charge in [0.15, 0.2) is 0 Å². The molecule has 5 rings (SSSR count). The third-order valence-electron chi connectivity index (χ3n) is 6.37. The standard InChI is InChI=1S/C31H27N3O3/c1-20-4-10-24(11-5-20)33-31-27(17-32)29(22-8-14-26(36-3)15-9-22)28-19-37-18-23(30(28)34-31)16-21-6-12-25(35-2)13-7-21/h4-16H,18-19H2,1-3H3,(H,33,34)/b23-16+. The van der Waals surface area contributed by atoms with Crippen molar-refractivity contribution in [3.63, 3.8) is 0 Å². The summed E-state index contributed by atoms with van der Waals surface area (Å²) >= 11 is 0. The third-order valence-corrected chi connectivity index (χ3v) is 6.37. The zero-order valence-corrected chi connectivity index (χ0v) is 21.0. The first-order chi connectivity index (χ1) is 18.1. The molecule has 0 spiro atoms. The number of aryl methyl sites for hydroxylation is 1. The number of nitriles is 1. The van der Waals surface area contributed by atoms with Crippen molar-refractivity contribution in [1.82, 2.24) is 4.98 Å². The van der Waals surface area contributed by atoms with Crippen molar-refractivity contribution in [2.75, 3.05) is 26.1 Å². The molecule has 6 heteroatoms. The molecule has 1 N–H and O–H groups in total. The van der Waals surface area contributed by atoms with E-state index < -0.39 is 0 Å². The number of fused-ring (bicyclic) bond motifs is 1. The molecule has 1 aromatic heterocycles. The van der Waals surface area contributed by atoms with Crippen LogP contribution in [0.5, 0.6) is 11.5 Å². The summed E-state index contributed by atoms with van der Waals surface area (Å²) < 4.78 is 16.7. The van der Waals surface area contributed by atoms with Crippen LogP contribution < -0.4 is 14.8 Å². The van der Waals surface area contributed by atoms with Gasteiger partial charge in [0.2, 0.25) is 0 Å². The van der Waals surface area contributed by atoms with Gasteiger partial charge in [0.25, 0.3) is 0 Å². The van der Waals surface area contributed by atoms with Crippen LogP contribution in [-0.2, 0) is 11.3 Å². The maximum Gasteiger partial charge on any atom is 0.149 e. The number of aromatic nitrogens is 1. The molecule has 0 atom stereocenters. The van der Waals surface area contributed by atoms with E-state index in [4.69, 9.17) is 19.2 Å². The van der Waals surface area contributed by atoms with Crippen LogP contribution >= 0.6 is 0 Å². The summed E-state index contributed by atoms with van der Waals surface area (Å²) in [7, 11) is 3.29. The van der Waals surface area contributed by atoms with Gasteiger partial charge in [-0.1, -0.05) is 42.0 Å². The van der Waals surface area contributed by atoms with Crippen molar-refractivity contribution in [2.45, 2.75) is 13.5 Å². The second-order valence-electron chi connectivity index (χ2n) is 8.80. The largest absolute Gasteiger partial charge is 0.497 e. The molecule has 0 bridgehead atoms. The summed E-state index contributed by atoms with van der Waals surface area (Å²) in [6.07, 6.45) is 2.07. The Kier molecular flexibility index (Phi) is 6.89. The molecule has 37 heavy (non-hydrogen) atoms. The minimum Gasteiger partial charge on any atom is -0.497 e. The number of anilines is 2. The van der Waals surface area contributed by atoms with E-state index in [-0.39, 0.29) is 0 Å². The summed E-state index contributed by atoms with van der Waals surface area (Å²) in [5, 5.41) is 13.7. The highest BCUT2D eigenvalue weighted by molar-refractivity contribution is 5.90. The molecule has 184 valence electrons. The van der Waals surface area contributed by atoms with Crippen molar-refractivity contribution < 1.29 is 14.2 Å². The van der Waals surface area contributed by atoms with E-state index in [2.05, 4.69) is 17.5 Å². The molecule has 1 aliphatic rings. The fourth-order valence-electron chi connectivity index (χ4n) is 4.42. The molecular formula is C31H27N3O3. The fraction of sp³-hybridized carbons (Fsp3) is 0.161. The van der Waals surface area contributed by atoms with E-state index in [1.54, 1.807) is 14.2 Å². The van der Waals surface area contributed by atoms with E-state index in [1.807, 2.05) is 79.7 Å². The van der Waals surface area contributed by atoms with E-state index in [0.717, 1.165) is 56.3 Å². The van der Waals surface area contributed by atoms with Gasteiger partial charge in [0, 0.05) is 22.4 Å². The van der Waals surface area contributed by atoms with Crippen LogP contribution in [0, 0.1) is 18.3 Å². The Morgan fingerprint density at radius 1 is 0.892 bits per heavy atom. The molecule has 2 heterocycles. The Morgan fingerprint density at radius 3 is 2.16 bits per heavy atom. The van der Waals surface area contributed by atoms with E-state index in [1.165, 1.54) is 0 Å². The molecule has 6 nitrogen and oxygen atoms in total. The van der Waals surface area contributed by atoms with Gasteiger partial charge in [0.1, 0.15) is 28.9 Å². The van der Waals surface area contributed by atoms with Gasteiger partial charge in [0.05, 0.1) is 33.1 Å². The lowest BCUT2D eigenvalue weighted by Gasteiger charge is -2.25. The van der Waals surface area contributed by atoms with Crippen LogP contribution in [0.25, 0.3) is 22.8 Å². The molecule has 0 saturated heterocycles. The average molecular weight is 490 g/mol. The van der Waals surface area contributed by atoms with Crippen LogP contribution in [0.1, 0.15) is 27.9 Å². The Labute approximate surface area is 216 Å². The highest BCUT2D eigenvalue weighted by atomic mass is 16.5. The number of pyridine rings is 1. The first-order valence-corrected chi connectivity index (χ1v) is 12.0. The van der Waals surface area contributed by atoms with Gasteiger partial charge in [-0.05, 0) is 60.5 Å². The molecule has 0 radical (unpaired) electrons. The molecule has 0 amide bonds. The quantitative estimate of drug-likeness (QED) is 0.322. The highest BCUT2D eigenvalue weighted by Crippen LogP contribution is 2.40. The molecular weight excluding hydrogens is 462 g/mol. The molecule has 0 aliphatic carbocycles. The first-order valence-electron chi connectivity index (χ1n) is 12.0. The van der Waals surface area contributed by atoms with Crippen LogP contribution in [0.4, 0.5) is 11.5 Å². The van der Waals surface area contributed by atoms with E-state index in [9.17, 15) is 5.26 Å². The van der Waals surface area contributed by atoms with Crippen molar-refractivity contribution in [3.8, 4) is 28.7 Å². The number of benzene rings is 3. The van der Waals surface area contributed by atoms with Crippen molar-refractivity contribution >= 4 is 23.2 Å². The molecule has 4 aromatic rings. The lowest BCUT2D eigenvalue weighted by Crippen LogP contribution is -2.15. The van der Waals surface area contributed by atoms with Gasteiger partial charge in [-0.25, -0.2) is 4.98 Å². The smallest absolute Gasteiger partial charge is 0.149 e. The Hall–Kier alpha value is -4.60. The summed E-state index contributed by atoms with van der Waals surface area (Å²) in [6.45, 7) is 2.83. The normalized spacial score (nSPS) is 13.5. The minimum absolute atomic E-state index is 0.364. The Morgan fingerprint density at radius 2 is 1.54 bits per heavy atom. The monoisotopic (exact) mass is 489 g/mol. The zero-order chi connectivity index (χ0) is 25.8. The number of methoxy groups -OCH3 is 2. The Bertz CT molecular complexity index is 1480. The van der Waals surface area contributed by atoms with E-state index in [0.29, 0.717) is 24.6 Å². The number of ether oxygens (including phenoxy) is 3. The minimum atomic E-state index is 0.364. The summed E-state index contributed by atoms with van der Waals surface area (Å²) in [5.41, 5.74) is 7.87. The Balaban J connectivity index is 1.70. The molecule has 1 aliphatic heterocycles. The maximum atomic E-state index is 10.3. The van der Waals surface area contributed by atoms with Gasteiger partial charge in [-0.3, -0.25) is 0 Å². The second kappa shape index (κ2) is 10.6. The first kappa shape index (κ1) is 24.1. The van der Waals surface area contributed by atoms with Crippen LogP contribution in [0.15, 0.2) is 72.8 Å². The highest BCUT2D eigenvalue weighted by Gasteiger charge is 2.26. The van der Waals surface area contributed by atoms with Gasteiger partial charge < -0.3 is 19.5 Å². The van der Waals surface area contributed by atoms with Crippen LogP contribution in [0.3, 0.4) is 0 Å². The third kappa shape index (κ3) is 5.04. The molecule has 0 fully saturated rings.